The van der Waals surface area contributed by atoms with Gasteiger partial charge in [0.15, 0.2) is 0 Å². The first-order valence-corrected chi connectivity index (χ1v) is 7.02. The molecule has 2 heterocycles. The van der Waals surface area contributed by atoms with Crippen molar-refractivity contribution >= 4 is 21.7 Å². The lowest BCUT2D eigenvalue weighted by Gasteiger charge is -2.07. The summed E-state index contributed by atoms with van der Waals surface area (Å²) in [6.45, 7) is 0. The Morgan fingerprint density at radius 1 is 0.913 bits per heavy atom. The molecule has 4 rings (SSSR count). The second-order valence-electron chi connectivity index (χ2n) is 5.20. The number of nitrogens with one attached hydrogen (secondary N) is 1. The van der Waals surface area contributed by atoms with Gasteiger partial charge < -0.3 is 14.5 Å². The first kappa shape index (κ1) is 13.3. The Kier molecular flexibility index (Phi) is 2.81. The number of pyridine rings is 1. The molecule has 5 heteroatoms. The lowest BCUT2D eigenvalue weighted by atomic mass is 10.0. The highest BCUT2D eigenvalue weighted by molar-refractivity contribution is 6.05. The molecule has 0 saturated carbocycles. The van der Waals surface area contributed by atoms with Crippen LogP contribution in [0.3, 0.4) is 0 Å². The molecule has 0 spiro atoms. The lowest BCUT2D eigenvalue weighted by Crippen LogP contribution is -2.16. The second-order valence-corrected chi connectivity index (χ2v) is 5.20. The molecule has 0 radical (unpaired) electrons. The molecule has 2 aromatic heterocycles. The monoisotopic (exact) mass is 305 g/mol. The van der Waals surface area contributed by atoms with Crippen molar-refractivity contribution in [3.8, 4) is 17.0 Å². The van der Waals surface area contributed by atoms with Gasteiger partial charge in [-0.1, -0.05) is 30.3 Å². The van der Waals surface area contributed by atoms with Crippen molar-refractivity contribution in [2.24, 2.45) is 0 Å². The van der Waals surface area contributed by atoms with E-state index in [0.717, 1.165) is 0 Å². The maximum absolute atomic E-state index is 12.4. The van der Waals surface area contributed by atoms with Crippen LogP contribution in [0.25, 0.3) is 33.0 Å². The Morgan fingerprint density at radius 2 is 1.65 bits per heavy atom. The largest absolute Gasteiger partial charge is 0.507 e. The molecule has 0 unspecified atom stereocenters. The highest BCUT2D eigenvalue weighted by Crippen LogP contribution is 2.29. The number of para-hydroxylation sites is 2. The van der Waals surface area contributed by atoms with Crippen LogP contribution in [0.2, 0.25) is 0 Å². The summed E-state index contributed by atoms with van der Waals surface area (Å²) in [5.41, 5.74) is 0.128. The third kappa shape index (κ3) is 2.02. The first-order valence-electron chi connectivity index (χ1n) is 7.02. The topological polar surface area (TPSA) is 83.3 Å². The molecule has 112 valence electrons. The molecular formula is C18H11NO4. The van der Waals surface area contributed by atoms with Gasteiger partial charge in [0.2, 0.25) is 0 Å². The minimum atomic E-state index is -0.677. The molecule has 0 aliphatic rings. The first-order chi connectivity index (χ1) is 11.1. The predicted molar refractivity (Wildman–Crippen MR) is 87.7 cm³/mol. The van der Waals surface area contributed by atoms with Crippen molar-refractivity contribution in [1.82, 2.24) is 4.98 Å². The standard InChI is InChI=1S/C18H11NO4/c20-14-7-3-1-6-11(14)13-9-12-10-5-2-4-8-15(10)23-18(22)16(12)17(21)19-13/h1-9,20H,(H,19,21). The van der Waals surface area contributed by atoms with Crippen molar-refractivity contribution in [2.75, 3.05) is 0 Å². The number of phenolic OH excluding ortho intramolecular Hbond substituents is 1. The van der Waals surface area contributed by atoms with E-state index >= 15 is 0 Å². The molecule has 0 atom stereocenters. The summed E-state index contributed by atoms with van der Waals surface area (Å²) in [4.78, 5) is 27.1. The van der Waals surface area contributed by atoms with Gasteiger partial charge in [0.25, 0.3) is 5.56 Å². The quantitative estimate of drug-likeness (QED) is 0.418. The minimum Gasteiger partial charge on any atom is -0.507 e. The summed E-state index contributed by atoms with van der Waals surface area (Å²) >= 11 is 0. The SMILES string of the molecule is O=c1[nH]c(-c2ccccc2O)cc2c1c(=O)oc1ccccc12. The van der Waals surface area contributed by atoms with Crippen molar-refractivity contribution < 1.29 is 9.52 Å². The molecule has 0 saturated heterocycles. The number of rotatable bonds is 1. The Bertz CT molecular complexity index is 1170. The molecular weight excluding hydrogens is 294 g/mol. The lowest BCUT2D eigenvalue weighted by molar-refractivity contribution is 0.477. The fraction of sp³-hybridized carbons (Fsp3) is 0. The maximum Gasteiger partial charge on any atom is 0.349 e. The molecule has 0 fully saturated rings. The van der Waals surface area contributed by atoms with Crippen LogP contribution in [-0.2, 0) is 0 Å². The van der Waals surface area contributed by atoms with Crippen LogP contribution in [0.1, 0.15) is 0 Å². The van der Waals surface area contributed by atoms with Gasteiger partial charge >= 0.3 is 5.63 Å². The van der Waals surface area contributed by atoms with Gasteiger partial charge in [0, 0.05) is 16.3 Å². The summed E-state index contributed by atoms with van der Waals surface area (Å²) < 4.78 is 5.20. The average molecular weight is 305 g/mol. The zero-order chi connectivity index (χ0) is 16.0. The summed E-state index contributed by atoms with van der Waals surface area (Å²) in [6.07, 6.45) is 0. The number of hydrogen-bond donors (Lipinski definition) is 2. The second kappa shape index (κ2) is 4.84. The number of benzene rings is 2. The summed E-state index contributed by atoms with van der Waals surface area (Å²) in [6, 6.07) is 15.4. The highest BCUT2D eigenvalue weighted by atomic mass is 16.4. The summed E-state index contributed by atoms with van der Waals surface area (Å²) in [7, 11) is 0. The van der Waals surface area contributed by atoms with Gasteiger partial charge in [-0.25, -0.2) is 4.79 Å². The summed E-state index contributed by atoms with van der Waals surface area (Å²) in [5, 5.41) is 11.1. The number of hydrogen-bond acceptors (Lipinski definition) is 4. The minimum absolute atomic E-state index is 0.0251. The molecule has 2 N–H and O–H groups in total. The third-order valence-corrected chi connectivity index (χ3v) is 3.81. The molecule has 0 bridgehead atoms. The van der Waals surface area contributed by atoms with E-state index in [2.05, 4.69) is 4.98 Å². The Hall–Kier alpha value is -3.34. The van der Waals surface area contributed by atoms with Crippen LogP contribution in [0.5, 0.6) is 5.75 Å². The van der Waals surface area contributed by atoms with E-state index in [4.69, 9.17) is 4.42 Å². The molecule has 0 aliphatic heterocycles. The van der Waals surface area contributed by atoms with E-state index in [1.54, 1.807) is 42.5 Å². The zero-order valence-electron chi connectivity index (χ0n) is 11.9. The van der Waals surface area contributed by atoms with Crippen LogP contribution >= 0.6 is 0 Å². The molecule has 23 heavy (non-hydrogen) atoms. The van der Waals surface area contributed by atoms with E-state index in [0.29, 0.717) is 27.6 Å². The van der Waals surface area contributed by atoms with Gasteiger partial charge in [0.1, 0.15) is 16.7 Å². The smallest absolute Gasteiger partial charge is 0.349 e. The molecule has 2 aromatic carbocycles. The number of aromatic hydroxyl groups is 1. The van der Waals surface area contributed by atoms with Crippen LogP contribution < -0.4 is 11.2 Å². The van der Waals surface area contributed by atoms with Gasteiger partial charge in [-0.15, -0.1) is 0 Å². The third-order valence-electron chi connectivity index (χ3n) is 3.81. The van der Waals surface area contributed by atoms with E-state index in [1.165, 1.54) is 6.07 Å². The number of phenols is 1. The van der Waals surface area contributed by atoms with Crippen molar-refractivity contribution in [3.63, 3.8) is 0 Å². The van der Waals surface area contributed by atoms with E-state index < -0.39 is 11.2 Å². The number of H-pyrrole nitrogens is 1. The van der Waals surface area contributed by atoms with Crippen LogP contribution in [0.15, 0.2) is 68.6 Å². The van der Waals surface area contributed by atoms with Crippen LogP contribution in [0, 0.1) is 0 Å². The normalized spacial score (nSPS) is 11.1. The number of aromatic amines is 1. The Balaban J connectivity index is 2.19. The predicted octanol–water partition coefficient (Wildman–Crippen LogP) is 3.01. The molecule has 0 amide bonds. The Morgan fingerprint density at radius 3 is 2.48 bits per heavy atom. The van der Waals surface area contributed by atoms with Crippen LogP contribution in [0.4, 0.5) is 0 Å². The number of aromatic nitrogens is 1. The van der Waals surface area contributed by atoms with Gasteiger partial charge in [0.05, 0.1) is 5.69 Å². The zero-order valence-corrected chi connectivity index (χ0v) is 11.9. The van der Waals surface area contributed by atoms with Crippen molar-refractivity contribution in [3.05, 3.63) is 75.4 Å². The van der Waals surface area contributed by atoms with Crippen molar-refractivity contribution in [2.45, 2.75) is 0 Å². The molecule has 4 aromatic rings. The summed E-state index contributed by atoms with van der Waals surface area (Å²) in [5.74, 6) is 0.0507. The Labute approximate surface area is 129 Å². The molecule has 0 aliphatic carbocycles. The van der Waals surface area contributed by atoms with E-state index in [-0.39, 0.29) is 11.1 Å². The van der Waals surface area contributed by atoms with Gasteiger partial charge in [-0.3, -0.25) is 4.79 Å². The van der Waals surface area contributed by atoms with Gasteiger partial charge in [-0.05, 0) is 24.3 Å². The van der Waals surface area contributed by atoms with Crippen LogP contribution in [-0.4, -0.2) is 10.1 Å². The highest BCUT2D eigenvalue weighted by Gasteiger charge is 2.14. The van der Waals surface area contributed by atoms with Gasteiger partial charge in [-0.2, -0.15) is 0 Å². The van der Waals surface area contributed by atoms with Crippen molar-refractivity contribution in [1.29, 1.82) is 0 Å². The van der Waals surface area contributed by atoms with E-state index in [1.807, 2.05) is 6.07 Å². The fourth-order valence-corrected chi connectivity index (χ4v) is 2.75. The number of fused-ring (bicyclic) bond motifs is 3. The maximum atomic E-state index is 12.4. The molecule has 5 nitrogen and oxygen atoms in total. The van der Waals surface area contributed by atoms with E-state index in [9.17, 15) is 14.7 Å². The fourth-order valence-electron chi connectivity index (χ4n) is 2.75. The average Bonchev–Trinajstić information content (AvgIpc) is 2.55.